The van der Waals surface area contributed by atoms with Gasteiger partial charge in [0.25, 0.3) is 0 Å². The zero-order valence-electron chi connectivity index (χ0n) is 40.7. The van der Waals surface area contributed by atoms with E-state index in [4.69, 9.17) is 10.5 Å². The molecule has 1 aromatic rings. The molecule has 2 heterocycles. The van der Waals surface area contributed by atoms with Crippen LogP contribution in [0.3, 0.4) is 0 Å². The maximum Gasteiger partial charge on any atom is 0.408 e. The lowest BCUT2D eigenvalue weighted by molar-refractivity contribution is -0.141. The highest BCUT2D eigenvalue weighted by Gasteiger charge is 2.49. The van der Waals surface area contributed by atoms with E-state index in [0.29, 0.717) is 23.7 Å². The van der Waals surface area contributed by atoms with E-state index in [0.717, 1.165) is 76.4 Å². The molecule has 1 aromatic carbocycles. The van der Waals surface area contributed by atoms with Gasteiger partial charge in [0, 0.05) is 25.2 Å². The van der Waals surface area contributed by atoms with Crippen LogP contribution in [0, 0.1) is 46.3 Å². The minimum Gasteiger partial charge on any atom is -0.445 e. The Labute approximate surface area is 385 Å². The maximum atomic E-state index is 13.8. The Morgan fingerprint density at radius 2 is 1.06 bits per heavy atom. The highest BCUT2D eigenvalue weighted by Crippen LogP contribution is 2.44. The maximum absolute atomic E-state index is 13.8. The number of rotatable bonds is 11. The van der Waals surface area contributed by atoms with Gasteiger partial charge >= 0.3 is 6.09 Å². The molecule has 0 unspecified atom stereocenters. The summed E-state index contributed by atoms with van der Waals surface area (Å²) in [6, 6.07) is 7.57. The van der Waals surface area contributed by atoms with Gasteiger partial charge in [-0.05, 0) is 117 Å². The Kier molecular flexibility index (Phi) is 16.9. The Hall–Kier alpha value is -3.67. The van der Waals surface area contributed by atoms with Crippen molar-refractivity contribution in [1.29, 1.82) is 0 Å². The van der Waals surface area contributed by atoms with Crippen LogP contribution in [0.4, 0.5) is 4.79 Å². The summed E-state index contributed by atoms with van der Waals surface area (Å²) in [7, 11) is 0. The molecule has 4 saturated carbocycles. The number of hydrogen-bond donors (Lipinski definition) is 4. The van der Waals surface area contributed by atoms with Crippen molar-refractivity contribution in [2.75, 3.05) is 13.1 Å². The van der Waals surface area contributed by atoms with Crippen LogP contribution in [-0.2, 0) is 30.5 Å². The third-order valence-electron chi connectivity index (χ3n) is 16.2. The van der Waals surface area contributed by atoms with Crippen LogP contribution < -0.4 is 21.7 Å². The number of carbonyl (C=O) groups excluding carboxylic acids is 5. The third kappa shape index (κ3) is 12.2. The van der Waals surface area contributed by atoms with Gasteiger partial charge in [-0.1, -0.05) is 123 Å². The van der Waals surface area contributed by atoms with Crippen LogP contribution in [0.1, 0.15) is 164 Å². The highest BCUT2D eigenvalue weighted by molar-refractivity contribution is 5.92. The van der Waals surface area contributed by atoms with Gasteiger partial charge in [-0.15, -0.1) is 0 Å². The van der Waals surface area contributed by atoms with Gasteiger partial charge < -0.3 is 36.2 Å². The minimum absolute atomic E-state index is 0.00296. The topological polar surface area (TPSA) is 163 Å². The number of fused-ring (bicyclic) bond motifs is 2. The molecular formula is C52H84N6O6. The van der Waals surface area contributed by atoms with Gasteiger partial charge in [0.2, 0.25) is 23.6 Å². The molecule has 12 nitrogen and oxygen atoms in total. The number of nitrogens with zero attached hydrogens (tertiary/aromatic N) is 2. The molecule has 4 aliphatic carbocycles. The molecule has 0 radical (unpaired) electrons. The largest absolute Gasteiger partial charge is 0.445 e. The van der Waals surface area contributed by atoms with Crippen molar-refractivity contribution in [2.24, 2.45) is 52.1 Å². The number of likely N-dealkylation sites (tertiary alicyclic amines) is 2. The monoisotopic (exact) mass is 889 g/mol. The van der Waals surface area contributed by atoms with Gasteiger partial charge in [0.1, 0.15) is 24.7 Å². The summed E-state index contributed by atoms with van der Waals surface area (Å²) in [5.74, 6) is 2.33. The Morgan fingerprint density at radius 3 is 1.52 bits per heavy atom. The van der Waals surface area contributed by atoms with Crippen molar-refractivity contribution < 1.29 is 28.7 Å². The average Bonchev–Trinajstić information content (AvgIpc) is 4.07. The standard InChI is InChI=1S/C30H45N3O4.C22H39N3O2/c1-20-24-17-11-16-23(24)18-33(20)28(35)26(30(2,3)4)32-27(34)25(22-14-9-6-10-15-22)31-29(36)37-19-21-12-7-5-8-13-21;1-14-17-12-8-11-16(17)13-25(14)21(27)19(22(2,3)4)24-20(26)18(23)15-9-6-5-7-10-15/h5,7-8,12-13,20,22-26H,6,9-11,14-19H2,1-4H3,(H,31,36)(H,32,34);14-19H,5-13,23H2,1-4H3,(H,24,26)/t20-,23+,24-,25+,26-;14-,16+,17-,18+,19-/m11/s1. The Bertz CT molecular complexity index is 1730. The fourth-order valence-electron chi connectivity index (χ4n) is 12.3. The van der Waals surface area contributed by atoms with Crippen LogP contribution >= 0.6 is 0 Å². The summed E-state index contributed by atoms with van der Waals surface area (Å²) in [6.07, 6.45) is 17.3. The number of benzene rings is 1. The molecule has 10 atom stereocenters. The number of ether oxygens (including phenoxy) is 1. The van der Waals surface area contributed by atoms with E-state index in [2.05, 4.69) is 29.8 Å². The molecule has 12 heteroatoms. The lowest BCUT2D eigenvalue weighted by Gasteiger charge is -2.37. The number of amides is 5. The second-order valence-electron chi connectivity index (χ2n) is 22.8. The average molecular weight is 889 g/mol. The van der Waals surface area contributed by atoms with Crippen molar-refractivity contribution in [2.45, 2.75) is 201 Å². The van der Waals surface area contributed by atoms with Crippen LogP contribution in [0.2, 0.25) is 0 Å². The molecule has 5 N–H and O–H groups in total. The van der Waals surface area contributed by atoms with E-state index in [1.54, 1.807) is 0 Å². The molecule has 6 aliphatic rings. The second-order valence-corrected chi connectivity index (χ2v) is 22.8. The van der Waals surface area contributed by atoms with Gasteiger partial charge in [-0.3, -0.25) is 19.2 Å². The quantitative estimate of drug-likeness (QED) is 0.175. The molecule has 7 rings (SSSR count). The van der Waals surface area contributed by atoms with Gasteiger partial charge in [0.05, 0.1) is 6.04 Å². The van der Waals surface area contributed by atoms with Crippen molar-refractivity contribution in [1.82, 2.24) is 25.8 Å². The first kappa shape index (κ1) is 49.8. The van der Waals surface area contributed by atoms with Crippen LogP contribution in [0.25, 0.3) is 0 Å². The number of hydrogen-bond acceptors (Lipinski definition) is 7. The summed E-state index contributed by atoms with van der Waals surface area (Å²) in [5, 5.41) is 9.02. The Balaban J connectivity index is 0.000000223. The van der Waals surface area contributed by atoms with E-state index >= 15 is 0 Å². The van der Waals surface area contributed by atoms with E-state index in [-0.39, 0.29) is 59.6 Å². The molecule has 64 heavy (non-hydrogen) atoms. The molecule has 0 spiro atoms. The smallest absolute Gasteiger partial charge is 0.408 e. The van der Waals surface area contributed by atoms with Crippen molar-refractivity contribution in [3.8, 4) is 0 Å². The molecule has 5 amide bonds. The molecule has 6 fully saturated rings. The molecule has 0 aromatic heterocycles. The summed E-state index contributed by atoms with van der Waals surface area (Å²) < 4.78 is 5.45. The molecule has 2 aliphatic heterocycles. The summed E-state index contributed by atoms with van der Waals surface area (Å²) >= 11 is 0. The van der Waals surface area contributed by atoms with Crippen LogP contribution in [0.5, 0.6) is 0 Å². The summed E-state index contributed by atoms with van der Waals surface area (Å²) in [6.45, 7) is 18.2. The zero-order valence-corrected chi connectivity index (χ0v) is 40.7. The normalized spacial score (nSPS) is 28.1. The highest BCUT2D eigenvalue weighted by atomic mass is 16.5. The van der Waals surface area contributed by atoms with Crippen LogP contribution in [-0.4, -0.2) is 88.9 Å². The first-order valence-electron chi connectivity index (χ1n) is 25.3. The van der Waals surface area contributed by atoms with E-state index in [1.165, 1.54) is 44.9 Å². The zero-order chi connectivity index (χ0) is 46.3. The predicted molar refractivity (Wildman–Crippen MR) is 251 cm³/mol. The molecule has 2 saturated heterocycles. The molecular weight excluding hydrogens is 805 g/mol. The summed E-state index contributed by atoms with van der Waals surface area (Å²) in [5.41, 5.74) is 6.39. The second kappa shape index (κ2) is 21.8. The first-order valence-corrected chi connectivity index (χ1v) is 25.3. The van der Waals surface area contributed by atoms with Crippen molar-refractivity contribution in [3.63, 3.8) is 0 Å². The number of nitrogens with one attached hydrogen (secondary N) is 3. The van der Waals surface area contributed by atoms with E-state index in [1.807, 2.05) is 81.7 Å². The van der Waals surface area contributed by atoms with Gasteiger partial charge in [0.15, 0.2) is 0 Å². The van der Waals surface area contributed by atoms with Crippen molar-refractivity contribution >= 4 is 29.7 Å². The van der Waals surface area contributed by atoms with Crippen molar-refractivity contribution in [3.05, 3.63) is 35.9 Å². The van der Waals surface area contributed by atoms with Gasteiger partial charge in [-0.25, -0.2) is 4.79 Å². The SMILES string of the molecule is C[C@@H]1[C@H]2CCC[C@H]2CN1C(=O)[C@@H](NC(=O)[C@@H](N)C1CCCCC1)C(C)(C)C.C[C@@H]1[C@H]2CCC[C@H]2CN1C(=O)[C@@H](NC(=O)[C@@H](NC(=O)OCc1ccccc1)C1CCCCC1)C(C)(C)C. The molecule has 0 bridgehead atoms. The van der Waals surface area contributed by atoms with E-state index in [9.17, 15) is 24.0 Å². The van der Waals surface area contributed by atoms with E-state index < -0.39 is 35.7 Å². The first-order chi connectivity index (χ1) is 30.3. The third-order valence-corrected chi connectivity index (χ3v) is 16.2. The lowest BCUT2D eigenvalue weighted by atomic mass is 9.82. The number of carbonyl (C=O) groups is 5. The fraction of sp³-hybridized carbons (Fsp3) is 0.788. The minimum atomic E-state index is -0.725. The molecule has 358 valence electrons. The number of nitrogens with two attached hydrogens (primary N) is 1. The summed E-state index contributed by atoms with van der Waals surface area (Å²) in [4.78, 5) is 70.7. The Morgan fingerprint density at radius 1 is 0.609 bits per heavy atom. The number of alkyl carbamates (subject to hydrolysis) is 1. The van der Waals surface area contributed by atoms with Gasteiger partial charge in [-0.2, -0.15) is 0 Å². The van der Waals surface area contributed by atoms with Crippen LogP contribution in [0.15, 0.2) is 30.3 Å². The fourth-order valence-corrected chi connectivity index (χ4v) is 12.3. The predicted octanol–water partition coefficient (Wildman–Crippen LogP) is 8.11. The lowest BCUT2D eigenvalue weighted by Crippen LogP contribution is -2.60.